The van der Waals surface area contributed by atoms with Gasteiger partial charge < -0.3 is 5.32 Å². The molecule has 1 saturated heterocycles. The van der Waals surface area contributed by atoms with E-state index in [9.17, 15) is 4.79 Å². The molecule has 3 nitrogen and oxygen atoms in total. The molecule has 1 aromatic heterocycles. The number of aromatic nitrogens is 1. The van der Waals surface area contributed by atoms with Crippen molar-refractivity contribution in [3.05, 3.63) is 36.2 Å². The van der Waals surface area contributed by atoms with Gasteiger partial charge in [0.1, 0.15) is 0 Å². The zero-order valence-corrected chi connectivity index (χ0v) is 17.2. The van der Waals surface area contributed by atoms with Crippen LogP contribution in [0.25, 0.3) is 5.57 Å². The van der Waals surface area contributed by atoms with E-state index in [1.165, 1.54) is 44.1 Å². The van der Waals surface area contributed by atoms with Crippen LogP contribution in [0.3, 0.4) is 0 Å². The van der Waals surface area contributed by atoms with E-state index in [0.717, 1.165) is 30.6 Å². The quantitative estimate of drug-likeness (QED) is 0.750. The molecule has 7 atom stereocenters. The maximum Gasteiger partial charge on any atom is 0.220 e. The number of nitrogens with zero attached hydrogens (tertiary/aromatic N) is 1. The lowest BCUT2D eigenvalue weighted by molar-refractivity contribution is -0.122. The minimum absolute atomic E-state index is 0.298. The molecule has 2 heterocycles. The van der Waals surface area contributed by atoms with Crippen LogP contribution in [-0.2, 0) is 4.79 Å². The van der Waals surface area contributed by atoms with Crippen LogP contribution in [0.15, 0.2) is 30.6 Å². The number of nitrogens with one attached hydrogen (secondary N) is 1. The zero-order valence-electron chi connectivity index (χ0n) is 17.2. The third-order valence-corrected chi connectivity index (χ3v) is 10.2. The molecule has 6 rings (SSSR count). The van der Waals surface area contributed by atoms with Crippen molar-refractivity contribution in [3.8, 4) is 0 Å². The smallest absolute Gasteiger partial charge is 0.220 e. The number of carbonyl (C=O) groups excluding carboxylic acids is 1. The van der Waals surface area contributed by atoms with Gasteiger partial charge in [0.15, 0.2) is 0 Å². The molecule has 1 aliphatic heterocycles. The van der Waals surface area contributed by atoms with Gasteiger partial charge >= 0.3 is 0 Å². The van der Waals surface area contributed by atoms with Crippen LogP contribution in [0.1, 0.15) is 70.8 Å². The summed E-state index contributed by atoms with van der Waals surface area (Å²) in [4.78, 5) is 16.7. The van der Waals surface area contributed by atoms with Crippen LogP contribution in [0.4, 0.5) is 0 Å². The van der Waals surface area contributed by atoms with Crippen molar-refractivity contribution in [2.24, 2.45) is 34.0 Å². The maximum absolute atomic E-state index is 12.3. The van der Waals surface area contributed by atoms with Crippen molar-refractivity contribution >= 4 is 11.5 Å². The van der Waals surface area contributed by atoms with Gasteiger partial charge in [0.2, 0.25) is 5.91 Å². The molecule has 0 aromatic carbocycles. The summed E-state index contributed by atoms with van der Waals surface area (Å²) in [6, 6.07) is 4.79. The SMILES string of the molecule is C[C@]12CC[C@H]3[C@@H](CCC45CC4NC(=O)CC[C@]35C)[C@@H]1CC=C2c1cccnc1. The topological polar surface area (TPSA) is 42.0 Å². The molecule has 3 saturated carbocycles. The Morgan fingerprint density at radius 2 is 2.04 bits per heavy atom. The molecule has 1 aromatic rings. The number of rotatable bonds is 1. The fraction of sp³-hybridized carbons (Fsp3) is 0.680. The Bertz CT molecular complexity index is 863. The molecule has 0 bridgehead atoms. The number of amides is 1. The highest BCUT2D eigenvalue weighted by Crippen LogP contribution is 2.75. The predicted molar refractivity (Wildman–Crippen MR) is 110 cm³/mol. The minimum Gasteiger partial charge on any atom is -0.353 e. The predicted octanol–water partition coefficient (Wildman–Crippen LogP) is 4.99. The van der Waals surface area contributed by atoms with Gasteiger partial charge in [-0.15, -0.1) is 0 Å². The summed E-state index contributed by atoms with van der Waals surface area (Å²) in [6.45, 7) is 5.10. The van der Waals surface area contributed by atoms with Crippen molar-refractivity contribution in [2.45, 2.75) is 71.3 Å². The Morgan fingerprint density at radius 1 is 1.14 bits per heavy atom. The van der Waals surface area contributed by atoms with E-state index < -0.39 is 0 Å². The summed E-state index contributed by atoms with van der Waals surface area (Å²) in [5.74, 6) is 2.67. The van der Waals surface area contributed by atoms with Gasteiger partial charge in [-0.1, -0.05) is 26.0 Å². The Balaban J connectivity index is 1.34. The Hall–Kier alpha value is -1.64. The molecule has 3 heteroatoms. The van der Waals surface area contributed by atoms with Crippen LogP contribution in [0.5, 0.6) is 0 Å². The highest BCUT2D eigenvalue weighted by atomic mass is 16.1. The highest BCUT2D eigenvalue weighted by molar-refractivity contribution is 5.77. The van der Waals surface area contributed by atoms with Gasteiger partial charge in [0, 0.05) is 24.9 Å². The van der Waals surface area contributed by atoms with Crippen molar-refractivity contribution in [2.75, 3.05) is 0 Å². The fourth-order valence-electron chi connectivity index (χ4n) is 8.57. The molecule has 1 amide bonds. The van der Waals surface area contributed by atoms with Crippen LogP contribution in [0.2, 0.25) is 0 Å². The second-order valence-electron chi connectivity index (χ2n) is 10.9. The third-order valence-electron chi connectivity index (χ3n) is 10.2. The summed E-state index contributed by atoms with van der Waals surface area (Å²) in [6.07, 6.45) is 16.1. The van der Waals surface area contributed by atoms with E-state index in [2.05, 4.69) is 48.6 Å². The lowest BCUT2D eigenvalue weighted by atomic mass is 9.45. The van der Waals surface area contributed by atoms with Gasteiger partial charge in [-0.2, -0.15) is 0 Å². The second-order valence-corrected chi connectivity index (χ2v) is 10.9. The molecule has 5 aliphatic rings. The lowest BCUT2D eigenvalue weighted by Crippen LogP contribution is -2.53. The van der Waals surface area contributed by atoms with Gasteiger partial charge in [-0.25, -0.2) is 0 Å². The maximum atomic E-state index is 12.3. The van der Waals surface area contributed by atoms with Crippen molar-refractivity contribution in [1.29, 1.82) is 0 Å². The second kappa shape index (κ2) is 5.49. The third kappa shape index (κ3) is 2.01. The molecule has 148 valence electrons. The Labute approximate surface area is 168 Å². The number of fused-ring (bicyclic) bond motifs is 4. The Kier molecular flexibility index (Phi) is 3.38. The molecule has 2 unspecified atom stereocenters. The summed E-state index contributed by atoms with van der Waals surface area (Å²) in [5, 5.41) is 3.35. The summed E-state index contributed by atoms with van der Waals surface area (Å²) in [7, 11) is 0. The van der Waals surface area contributed by atoms with E-state index in [4.69, 9.17) is 0 Å². The molecular formula is C25H32N2O. The van der Waals surface area contributed by atoms with E-state index >= 15 is 0 Å². The van der Waals surface area contributed by atoms with E-state index in [0.29, 0.717) is 28.2 Å². The van der Waals surface area contributed by atoms with Crippen LogP contribution >= 0.6 is 0 Å². The first-order valence-electron chi connectivity index (χ1n) is 11.4. The molecule has 0 radical (unpaired) electrons. The molecule has 4 fully saturated rings. The van der Waals surface area contributed by atoms with E-state index in [1.807, 2.05) is 6.20 Å². The first-order valence-corrected chi connectivity index (χ1v) is 11.4. The average molecular weight is 377 g/mol. The van der Waals surface area contributed by atoms with E-state index in [-0.39, 0.29) is 0 Å². The summed E-state index contributed by atoms with van der Waals surface area (Å²) < 4.78 is 0. The summed E-state index contributed by atoms with van der Waals surface area (Å²) in [5.41, 5.74) is 3.93. The molecular weight excluding hydrogens is 344 g/mol. The monoisotopic (exact) mass is 376 g/mol. The number of hydrogen-bond donors (Lipinski definition) is 1. The molecule has 28 heavy (non-hydrogen) atoms. The standard InChI is InChI=1S/C25H32N2O/c1-23-10-8-20-17(19(23)6-5-18(23)16-4-3-13-26-15-16)7-12-25-14-21(25)27-22(28)9-11-24(20,25)2/h3-5,13,15,17,19-21H,6-12,14H2,1-2H3,(H,27,28)/t17-,19-,20-,21?,23+,24+,25?/m0/s1. The average Bonchev–Trinajstić information content (AvgIpc) is 3.29. The lowest BCUT2D eigenvalue weighted by Gasteiger charge is -2.59. The van der Waals surface area contributed by atoms with Gasteiger partial charge in [-0.05, 0) is 96.1 Å². The number of pyridine rings is 1. The molecule has 1 spiro atoms. The van der Waals surface area contributed by atoms with Crippen molar-refractivity contribution in [1.82, 2.24) is 10.3 Å². The Morgan fingerprint density at radius 3 is 2.86 bits per heavy atom. The number of allylic oxidation sites excluding steroid dienone is 2. The van der Waals surface area contributed by atoms with Crippen molar-refractivity contribution < 1.29 is 4.79 Å². The normalized spacial score (nSPS) is 48.9. The number of hydrogen-bond acceptors (Lipinski definition) is 2. The largest absolute Gasteiger partial charge is 0.353 e. The van der Waals surface area contributed by atoms with Crippen LogP contribution in [0, 0.1) is 34.0 Å². The van der Waals surface area contributed by atoms with Crippen LogP contribution in [-0.4, -0.2) is 16.9 Å². The first kappa shape index (κ1) is 17.2. The minimum atomic E-state index is 0.298. The van der Waals surface area contributed by atoms with E-state index in [1.54, 1.807) is 5.57 Å². The first-order chi connectivity index (χ1) is 13.5. The van der Waals surface area contributed by atoms with Crippen LogP contribution < -0.4 is 5.32 Å². The van der Waals surface area contributed by atoms with Crippen molar-refractivity contribution in [3.63, 3.8) is 0 Å². The number of carbonyl (C=O) groups is 1. The molecule has 1 N–H and O–H groups in total. The van der Waals surface area contributed by atoms with Gasteiger partial charge in [0.05, 0.1) is 0 Å². The molecule has 4 aliphatic carbocycles. The zero-order chi connectivity index (χ0) is 19.1. The fourth-order valence-corrected chi connectivity index (χ4v) is 8.57. The van der Waals surface area contributed by atoms with Gasteiger partial charge in [0.25, 0.3) is 0 Å². The summed E-state index contributed by atoms with van der Waals surface area (Å²) >= 11 is 0. The van der Waals surface area contributed by atoms with Gasteiger partial charge in [-0.3, -0.25) is 9.78 Å². The highest BCUT2D eigenvalue weighted by Gasteiger charge is 2.71.